The minimum absolute atomic E-state index is 0.101. The van der Waals surface area contributed by atoms with E-state index in [0.717, 1.165) is 11.0 Å². The molecule has 1 heterocycles. The van der Waals surface area contributed by atoms with Crippen molar-refractivity contribution in [1.82, 2.24) is 4.98 Å². The number of hydrogen-bond donors (Lipinski definition) is 3. The number of aromatic hydroxyl groups is 1. The zero-order valence-corrected chi connectivity index (χ0v) is 21.9. The Bertz CT molecular complexity index is 1520. The first-order valence-corrected chi connectivity index (χ1v) is 12.7. The Morgan fingerprint density at radius 3 is 2.48 bits per heavy atom. The molecule has 1 aromatic heterocycles. The van der Waals surface area contributed by atoms with Gasteiger partial charge in [-0.25, -0.2) is 9.78 Å². The Kier molecular flexibility index (Phi) is 9.87. The van der Waals surface area contributed by atoms with Crippen molar-refractivity contribution in [2.45, 2.75) is 23.7 Å². The molecule has 206 valence electrons. The number of hydrogen-bond acceptors (Lipinski definition) is 10. The second kappa shape index (κ2) is 13.3. The number of ether oxygens (including phenoxy) is 1. The smallest absolute Gasteiger partial charge is 0.330 e. The van der Waals surface area contributed by atoms with Crippen molar-refractivity contribution in [1.29, 1.82) is 0 Å². The molecule has 1 unspecified atom stereocenters. The van der Waals surface area contributed by atoms with Gasteiger partial charge < -0.3 is 25.1 Å². The van der Waals surface area contributed by atoms with E-state index in [0.29, 0.717) is 23.1 Å². The van der Waals surface area contributed by atoms with E-state index in [2.05, 4.69) is 16.9 Å². The van der Waals surface area contributed by atoms with Crippen molar-refractivity contribution in [3.05, 3.63) is 71.9 Å². The molecule has 11 nitrogen and oxygen atoms in total. The largest absolute Gasteiger partial charge is 0.506 e. The molecule has 2 aromatic carbocycles. The van der Waals surface area contributed by atoms with Crippen LogP contribution in [0.2, 0.25) is 0 Å². The number of esters is 1. The molecule has 0 radical (unpaired) electrons. The predicted molar refractivity (Wildman–Crippen MR) is 146 cm³/mol. The molecule has 4 rings (SSSR count). The van der Waals surface area contributed by atoms with Crippen LogP contribution in [0.25, 0.3) is 10.9 Å². The van der Waals surface area contributed by atoms with Crippen LogP contribution >= 0.6 is 11.8 Å². The number of aromatic nitrogens is 1. The maximum atomic E-state index is 13.3. The van der Waals surface area contributed by atoms with E-state index in [9.17, 15) is 29.1 Å². The van der Waals surface area contributed by atoms with Crippen LogP contribution in [-0.4, -0.2) is 63.8 Å². The van der Waals surface area contributed by atoms with E-state index in [1.54, 1.807) is 24.3 Å². The fraction of sp³-hybridized carbons (Fsp3) is 0.179. The average Bonchev–Trinajstić information content (AvgIpc) is 3.17. The number of Topliss-reactive ketones (excluding diaryl/α,β-unsaturated/α-hetero) is 2. The minimum Gasteiger partial charge on any atom is -0.506 e. The number of nitrogens with zero attached hydrogens (tertiary/aromatic N) is 1. The standard InChI is InChI=1S/C27H22N2O8S.CH2O/c1-2-23(34)37-8-3-9-38-16-6-7-17-18(12-16)27(36)24(26(17)35)25-20(30)10-14-4-5-15(11-19(14)29-25)28-21(31)13-22(32)33;1-2/h2,4-7,10-12,24,30H,1,3,8-9,13H2,(H,28,31)(H,32,33);1H2. The van der Waals surface area contributed by atoms with Crippen LogP contribution < -0.4 is 5.32 Å². The van der Waals surface area contributed by atoms with Crippen molar-refractivity contribution >= 4 is 64.6 Å². The van der Waals surface area contributed by atoms with Crippen molar-refractivity contribution in [2.24, 2.45) is 0 Å². The zero-order valence-electron chi connectivity index (χ0n) is 21.0. The van der Waals surface area contributed by atoms with Gasteiger partial charge >= 0.3 is 11.9 Å². The molecule has 12 heteroatoms. The van der Waals surface area contributed by atoms with Gasteiger partial charge in [-0.15, -0.1) is 11.8 Å². The quantitative estimate of drug-likeness (QED) is 0.108. The summed E-state index contributed by atoms with van der Waals surface area (Å²) in [6.07, 6.45) is 0.969. The summed E-state index contributed by atoms with van der Waals surface area (Å²) in [4.78, 5) is 73.2. The number of carboxylic acid groups (broad SMARTS) is 1. The van der Waals surface area contributed by atoms with Crippen LogP contribution in [0.4, 0.5) is 5.69 Å². The molecule has 0 spiro atoms. The van der Waals surface area contributed by atoms with E-state index >= 15 is 0 Å². The molecule has 0 fully saturated rings. The van der Waals surface area contributed by atoms with Crippen LogP contribution in [0.5, 0.6) is 5.75 Å². The van der Waals surface area contributed by atoms with Gasteiger partial charge in [-0.1, -0.05) is 12.6 Å². The van der Waals surface area contributed by atoms with E-state index in [-0.39, 0.29) is 34.9 Å². The molecule has 40 heavy (non-hydrogen) atoms. The van der Waals surface area contributed by atoms with Gasteiger partial charge in [-0.05, 0) is 42.8 Å². The van der Waals surface area contributed by atoms with Crippen molar-refractivity contribution in [2.75, 3.05) is 17.7 Å². The number of ketones is 2. The second-order valence-electron chi connectivity index (χ2n) is 8.36. The zero-order chi connectivity index (χ0) is 29.4. The Morgan fingerprint density at radius 1 is 1.05 bits per heavy atom. The molecule has 1 aliphatic carbocycles. The molecular weight excluding hydrogens is 540 g/mol. The number of carbonyl (C=O) groups is 6. The lowest BCUT2D eigenvalue weighted by Crippen LogP contribution is -2.16. The van der Waals surface area contributed by atoms with Gasteiger partial charge in [0, 0.05) is 38.9 Å². The summed E-state index contributed by atoms with van der Waals surface area (Å²) < 4.78 is 4.94. The first kappa shape index (κ1) is 29.7. The number of benzene rings is 2. The van der Waals surface area contributed by atoms with Gasteiger partial charge in [0.1, 0.15) is 30.6 Å². The maximum absolute atomic E-state index is 13.3. The van der Waals surface area contributed by atoms with Gasteiger partial charge in [0.25, 0.3) is 0 Å². The number of fused-ring (bicyclic) bond motifs is 2. The fourth-order valence-corrected chi connectivity index (χ4v) is 4.86. The molecular formula is C28H24N2O9S. The number of carboxylic acids is 1. The highest BCUT2D eigenvalue weighted by atomic mass is 32.2. The predicted octanol–water partition coefficient (Wildman–Crippen LogP) is 3.54. The molecule has 3 aromatic rings. The van der Waals surface area contributed by atoms with Gasteiger partial charge in [-0.3, -0.25) is 19.2 Å². The summed E-state index contributed by atoms with van der Waals surface area (Å²) in [5.41, 5.74) is 0.951. The summed E-state index contributed by atoms with van der Waals surface area (Å²) >= 11 is 1.44. The number of aliphatic carboxylic acids is 1. The highest BCUT2D eigenvalue weighted by Crippen LogP contribution is 2.39. The van der Waals surface area contributed by atoms with Crippen molar-refractivity contribution in [3.8, 4) is 5.75 Å². The van der Waals surface area contributed by atoms with Crippen LogP contribution in [0.15, 0.2) is 60.0 Å². The first-order valence-electron chi connectivity index (χ1n) is 11.8. The summed E-state index contributed by atoms with van der Waals surface area (Å²) in [6, 6.07) is 10.9. The summed E-state index contributed by atoms with van der Waals surface area (Å²) in [5, 5.41) is 22.3. The maximum Gasteiger partial charge on any atom is 0.330 e. The average molecular weight is 565 g/mol. The van der Waals surface area contributed by atoms with Crippen molar-refractivity contribution in [3.63, 3.8) is 0 Å². The third-order valence-electron chi connectivity index (χ3n) is 5.71. The van der Waals surface area contributed by atoms with Crippen LogP contribution in [0.3, 0.4) is 0 Å². The number of anilines is 1. The highest BCUT2D eigenvalue weighted by Gasteiger charge is 2.42. The van der Waals surface area contributed by atoms with Gasteiger partial charge in [0.2, 0.25) is 5.91 Å². The first-order chi connectivity index (χ1) is 19.2. The van der Waals surface area contributed by atoms with Crippen LogP contribution in [-0.2, 0) is 23.9 Å². The third kappa shape index (κ3) is 6.77. The van der Waals surface area contributed by atoms with Gasteiger partial charge in [0.15, 0.2) is 11.6 Å². The third-order valence-corrected chi connectivity index (χ3v) is 6.79. The molecule has 3 N–H and O–H groups in total. The monoisotopic (exact) mass is 564 g/mol. The summed E-state index contributed by atoms with van der Waals surface area (Å²) in [7, 11) is 0. The Hall–Kier alpha value is -4.84. The molecule has 0 aliphatic heterocycles. The number of amides is 1. The molecule has 0 bridgehead atoms. The second-order valence-corrected chi connectivity index (χ2v) is 9.53. The normalized spacial score (nSPS) is 13.7. The molecule has 1 atom stereocenters. The van der Waals surface area contributed by atoms with Crippen LogP contribution in [0, 0.1) is 0 Å². The van der Waals surface area contributed by atoms with E-state index in [1.165, 1.54) is 30.0 Å². The summed E-state index contributed by atoms with van der Waals surface area (Å²) in [5.74, 6) is -4.48. The lowest BCUT2D eigenvalue weighted by atomic mass is 9.97. The van der Waals surface area contributed by atoms with E-state index < -0.39 is 41.8 Å². The number of thioether (sulfide) groups is 1. The molecule has 1 aliphatic rings. The number of rotatable bonds is 10. The molecule has 0 saturated carbocycles. The molecule has 0 saturated heterocycles. The number of pyridine rings is 1. The van der Waals surface area contributed by atoms with Gasteiger partial charge in [-0.2, -0.15) is 0 Å². The Balaban J connectivity index is 0.00000216. The van der Waals surface area contributed by atoms with E-state index in [4.69, 9.17) is 14.6 Å². The fourth-order valence-electron chi connectivity index (χ4n) is 3.99. The Morgan fingerprint density at radius 2 is 1.77 bits per heavy atom. The summed E-state index contributed by atoms with van der Waals surface area (Å²) in [6.45, 7) is 5.57. The highest BCUT2D eigenvalue weighted by molar-refractivity contribution is 7.99. The topological polar surface area (TPSA) is 177 Å². The number of carbonyl (C=O) groups excluding carboxylic acids is 5. The lowest BCUT2D eigenvalue weighted by molar-refractivity contribution is -0.140. The minimum atomic E-state index is -1.32. The van der Waals surface area contributed by atoms with Crippen LogP contribution in [0.1, 0.15) is 45.2 Å². The molecule has 1 amide bonds. The van der Waals surface area contributed by atoms with Gasteiger partial charge in [0.05, 0.1) is 12.1 Å². The number of nitrogens with one attached hydrogen (secondary N) is 1. The Labute approximate surface area is 232 Å². The lowest BCUT2D eigenvalue weighted by Gasteiger charge is -2.11. The SMILES string of the molecule is C=CC(=O)OCCCSc1ccc2c(c1)C(=O)C(c1nc3cc(NC(=O)CC(=O)O)ccc3cc1O)C2=O.C=O. The van der Waals surface area contributed by atoms with Crippen molar-refractivity contribution < 1.29 is 43.7 Å². The van der Waals surface area contributed by atoms with E-state index in [1.807, 2.05) is 6.79 Å².